The van der Waals surface area contributed by atoms with Crippen molar-refractivity contribution in [3.05, 3.63) is 106 Å². The maximum absolute atomic E-state index is 12.8. The van der Waals surface area contributed by atoms with E-state index in [9.17, 15) is 9.90 Å². The summed E-state index contributed by atoms with van der Waals surface area (Å²) in [5, 5.41) is 13.4. The number of aliphatic hydroxyl groups excluding tert-OH is 1. The molecule has 2 N–H and O–H groups in total. The molecule has 0 unspecified atom stereocenters. The van der Waals surface area contributed by atoms with Crippen molar-refractivity contribution in [2.24, 2.45) is 0 Å². The van der Waals surface area contributed by atoms with Crippen LogP contribution in [-0.4, -0.2) is 57.8 Å². The van der Waals surface area contributed by atoms with Crippen molar-refractivity contribution in [1.29, 1.82) is 0 Å². The molecule has 0 aliphatic carbocycles. The SMILES string of the molecule is O=C(OCc1ccccc1)N1C[C@@H](O)[C@H](N(CCc2c[nH]c3ccccc23)Cc2cc(Cl)cc(Cl)c2)C1. The zero-order valence-electron chi connectivity index (χ0n) is 20.3. The molecular weight excluding hydrogens is 509 g/mol. The Labute approximate surface area is 226 Å². The molecule has 37 heavy (non-hydrogen) atoms. The number of β-amino-alcohol motifs (C(OH)–C–C–N with tert-alkyl or cyclic N) is 1. The van der Waals surface area contributed by atoms with Crippen LogP contribution in [-0.2, 0) is 24.3 Å². The Bertz CT molecular complexity index is 1340. The van der Waals surface area contributed by atoms with Crippen molar-refractivity contribution in [3.63, 3.8) is 0 Å². The van der Waals surface area contributed by atoms with Crippen molar-refractivity contribution >= 4 is 40.2 Å². The summed E-state index contributed by atoms with van der Waals surface area (Å²) in [4.78, 5) is 19.9. The lowest BCUT2D eigenvalue weighted by atomic mass is 10.1. The highest BCUT2D eigenvalue weighted by molar-refractivity contribution is 6.34. The Balaban J connectivity index is 1.31. The number of H-pyrrole nitrogens is 1. The van der Waals surface area contributed by atoms with E-state index in [-0.39, 0.29) is 19.2 Å². The van der Waals surface area contributed by atoms with Gasteiger partial charge in [0.05, 0.1) is 18.7 Å². The number of fused-ring (bicyclic) bond motifs is 1. The zero-order valence-corrected chi connectivity index (χ0v) is 21.8. The third-order valence-corrected chi connectivity index (χ3v) is 7.28. The number of benzene rings is 3. The molecule has 2 atom stereocenters. The predicted molar refractivity (Wildman–Crippen MR) is 147 cm³/mol. The number of aliphatic hydroxyl groups is 1. The Hall–Kier alpha value is -3.03. The first-order chi connectivity index (χ1) is 18.0. The first-order valence-corrected chi connectivity index (χ1v) is 13.1. The highest BCUT2D eigenvalue weighted by Crippen LogP contribution is 2.25. The number of amides is 1. The van der Waals surface area contributed by atoms with Crippen LogP contribution < -0.4 is 0 Å². The average Bonchev–Trinajstić information content (AvgIpc) is 3.48. The number of aromatic nitrogens is 1. The number of halogens is 2. The van der Waals surface area contributed by atoms with Gasteiger partial charge in [0.15, 0.2) is 0 Å². The lowest BCUT2D eigenvalue weighted by Crippen LogP contribution is -2.44. The third-order valence-electron chi connectivity index (χ3n) is 6.84. The van der Waals surface area contributed by atoms with Gasteiger partial charge in [0.1, 0.15) is 6.61 Å². The van der Waals surface area contributed by atoms with Gasteiger partial charge in [-0.3, -0.25) is 4.90 Å². The Morgan fingerprint density at radius 1 is 1.00 bits per heavy atom. The molecule has 4 aromatic rings. The molecule has 1 aliphatic rings. The van der Waals surface area contributed by atoms with E-state index in [1.807, 2.05) is 60.8 Å². The number of nitrogens with one attached hydrogen (secondary N) is 1. The standard InChI is InChI=1S/C29H29Cl2N3O3/c30-23-12-21(13-24(31)14-23)16-33(11-10-22-15-32-26-9-5-4-8-25(22)26)27-17-34(18-28(27)35)29(36)37-19-20-6-2-1-3-7-20/h1-9,12-15,27-28,32,35H,10-11,16-19H2/t27-,28-/m1/s1. The maximum atomic E-state index is 12.8. The number of hydrogen-bond acceptors (Lipinski definition) is 4. The van der Waals surface area contributed by atoms with E-state index in [0.717, 1.165) is 23.1 Å². The van der Waals surface area contributed by atoms with Crippen LogP contribution in [0.15, 0.2) is 79.0 Å². The minimum absolute atomic E-state index is 0.197. The lowest BCUT2D eigenvalue weighted by molar-refractivity contribution is 0.0783. The summed E-state index contributed by atoms with van der Waals surface area (Å²) in [6.45, 7) is 2.01. The van der Waals surface area contributed by atoms with E-state index in [4.69, 9.17) is 27.9 Å². The molecule has 8 heteroatoms. The largest absolute Gasteiger partial charge is 0.445 e. The molecular formula is C29H29Cl2N3O3. The lowest BCUT2D eigenvalue weighted by Gasteiger charge is -2.30. The van der Waals surface area contributed by atoms with Gasteiger partial charge in [-0.05, 0) is 47.4 Å². The van der Waals surface area contributed by atoms with E-state index in [1.165, 1.54) is 10.9 Å². The van der Waals surface area contributed by atoms with Gasteiger partial charge in [-0.1, -0.05) is 71.7 Å². The van der Waals surface area contributed by atoms with Crippen LogP contribution in [0.2, 0.25) is 10.0 Å². The minimum Gasteiger partial charge on any atom is -0.445 e. The van der Waals surface area contributed by atoms with Gasteiger partial charge in [0.25, 0.3) is 0 Å². The van der Waals surface area contributed by atoms with Gasteiger partial charge in [-0.15, -0.1) is 0 Å². The van der Waals surface area contributed by atoms with E-state index < -0.39 is 12.2 Å². The molecule has 0 saturated carbocycles. The topological polar surface area (TPSA) is 68.8 Å². The number of hydrogen-bond donors (Lipinski definition) is 2. The summed E-state index contributed by atoms with van der Waals surface area (Å²) in [6.07, 6.45) is 1.69. The molecule has 5 rings (SSSR count). The molecule has 0 bridgehead atoms. The fourth-order valence-electron chi connectivity index (χ4n) is 4.99. The normalized spacial score (nSPS) is 17.6. The molecule has 1 amide bonds. The maximum Gasteiger partial charge on any atom is 0.410 e. The van der Waals surface area contributed by atoms with Gasteiger partial charge in [0, 0.05) is 46.8 Å². The van der Waals surface area contributed by atoms with Crippen LogP contribution in [0.3, 0.4) is 0 Å². The van der Waals surface area contributed by atoms with Crippen LogP contribution >= 0.6 is 23.2 Å². The second kappa shape index (κ2) is 11.6. The van der Waals surface area contributed by atoms with Crippen LogP contribution in [0.4, 0.5) is 4.79 Å². The fraction of sp³-hybridized carbons (Fsp3) is 0.276. The average molecular weight is 538 g/mol. The summed E-state index contributed by atoms with van der Waals surface area (Å²) >= 11 is 12.5. The predicted octanol–water partition coefficient (Wildman–Crippen LogP) is 5.90. The second-order valence-corrected chi connectivity index (χ2v) is 10.3. The molecule has 0 radical (unpaired) electrons. The monoisotopic (exact) mass is 537 g/mol. The number of nitrogens with zero attached hydrogens (tertiary/aromatic N) is 2. The molecule has 2 heterocycles. The molecule has 192 valence electrons. The van der Waals surface area contributed by atoms with Gasteiger partial charge in [0.2, 0.25) is 0 Å². The second-order valence-electron chi connectivity index (χ2n) is 9.44. The summed E-state index contributed by atoms with van der Waals surface area (Å²) in [6, 6.07) is 23.0. The first kappa shape index (κ1) is 25.6. The fourth-order valence-corrected chi connectivity index (χ4v) is 5.56. The summed E-state index contributed by atoms with van der Waals surface area (Å²) in [5.41, 5.74) is 4.18. The van der Waals surface area contributed by atoms with Crippen molar-refractivity contribution in [1.82, 2.24) is 14.8 Å². The number of para-hydroxylation sites is 1. The Morgan fingerprint density at radius 3 is 2.51 bits per heavy atom. The summed E-state index contributed by atoms with van der Waals surface area (Å²) in [7, 11) is 0. The number of ether oxygens (including phenoxy) is 1. The zero-order chi connectivity index (χ0) is 25.8. The van der Waals surface area contributed by atoms with Crippen LogP contribution in [0, 0.1) is 0 Å². The molecule has 6 nitrogen and oxygen atoms in total. The number of carbonyl (C=O) groups is 1. The number of aromatic amines is 1. The minimum atomic E-state index is -0.707. The first-order valence-electron chi connectivity index (χ1n) is 12.3. The van der Waals surface area contributed by atoms with E-state index in [2.05, 4.69) is 22.0 Å². The van der Waals surface area contributed by atoms with E-state index in [1.54, 1.807) is 11.0 Å². The third kappa shape index (κ3) is 6.28. The quantitative estimate of drug-likeness (QED) is 0.293. The number of carbonyl (C=O) groups excluding carboxylic acids is 1. The summed E-state index contributed by atoms with van der Waals surface area (Å²) in [5.74, 6) is 0. The number of rotatable bonds is 8. The van der Waals surface area contributed by atoms with Crippen LogP contribution in [0.5, 0.6) is 0 Å². The van der Waals surface area contributed by atoms with Gasteiger partial charge >= 0.3 is 6.09 Å². The van der Waals surface area contributed by atoms with Crippen molar-refractivity contribution < 1.29 is 14.6 Å². The van der Waals surface area contributed by atoms with Gasteiger partial charge < -0.3 is 19.7 Å². The number of likely N-dealkylation sites (tertiary alicyclic amines) is 1. The summed E-state index contributed by atoms with van der Waals surface area (Å²) < 4.78 is 5.52. The van der Waals surface area contributed by atoms with Crippen molar-refractivity contribution in [2.75, 3.05) is 19.6 Å². The van der Waals surface area contributed by atoms with Crippen molar-refractivity contribution in [2.45, 2.75) is 31.7 Å². The molecule has 1 saturated heterocycles. The van der Waals surface area contributed by atoms with Crippen LogP contribution in [0.25, 0.3) is 10.9 Å². The smallest absolute Gasteiger partial charge is 0.410 e. The van der Waals surface area contributed by atoms with E-state index in [0.29, 0.717) is 29.7 Å². The molecule has 1 aliphatic heterocycles. The van der Waals surface area contributed by atoms with E-state index >= 15 is 0 Å². The molecule has 0 spiro atoms. The highest BCUT2D eigenvalue weighted by atomic mass is 35.5. The Kier molecular flexibility index (Phi) is 8.01. The molecule has 3 aromatic carbocycles. The van der Waals surface area contributed by atoms with Gasteiger partial charge in [-0.2, -0.15) is 0 Å². The highest BCUT2D eigenvalue weighted by Gasteiger charge is 2.38. The van der Waals surface area contributed by atoms with Crippen molar-refractivity contribution in [3.8, 4) is 0 Å². The van der Waals surface area contributed by atoms with Gasteiger partial charge in [-0.25, -0.2) is 4.79 Å². The van der Waals surface area contributed by atoms with Crippen LogP contribution in [0.1, 0.15) is 16.7 Å². The molecule has 1 aromatic heterocycles. The molecule has 1 fully saturated rings. The Morgan fingerprint density at radius 2 is 1.73 bits per heavy atom.